The van der Waals surface area contributed by atoms with Gasteiger partial charge in [-0.1, -0.05) is 145 Å². The first kappa shape index (κ1) is 79.0. The Bertz CT molecular complexity index is 787. The van der Waals surface area contributed by atoms with E-state index in [-0.39, 0.29) is 106 Å². The van der Waals surface area contributed by atoms with Gasteiger partial charge in [-0.3, -0.25) is 0 Å². The minimum absolute atomic E-state index is 0. The number of rotatable bonds is 0. The fraction of sp³-hybridized carbons (Fsp3) is 1.00. The predicted octanol–water partition coefficient (Wildman–Crippen LogP) is 3.64. The molecule has 0 aliphatic carbocycles. The van der Waals surface area contributed by atoms with Crippen molar-refractivity contribution >= 4 is 0 Å². The third-order valence-corrected chi connectivity index (χ3v) is 12.3. The molecule has 399 valence electrons. The summed E-state index contributed by atoms with van der Waals surface area (Å²) in [5, 5.41) is 36.4. The van der Waals surface area contributed by atoms with Gasteiger partial charge in [0.1, 0.15) is 0 Å². The zero-order valence-corrected chi connectivity index (χ0v) is 51.0. The fourth-order valence-electron chi connectivity index (χ4n) is 5.57. The van der Waals surface area contributed by atoms with E-state index in [0.29, 0.717) is 132 Å². The van der Waals surface area contributed by atoms with Gasteiger partial charge in [0.25, 0.3) is 0 Å². The van der Waals surface area contributed by atoms with Gasteiger partial charge < -0.3 is 68.2 Å². The van der Waals surface area contributed by atoms with Crippen LogP contribution in [0.1, 0.15) is 145 Å². The Balaban J connectivity index is -0.000000170. The molecule has 0 aromatic heterocycles. The number of hydrogen-bond acceptors (Lipinski definition) is 13. The largest absolute Gasteiger partial charge is 2.00 e. The molecule has 0 spiro atoms. The van der Waals surface area contributed by atoms with Gasteiger partial charge >= 0.3 is 51.4 Å². The van der Waals surface area contributed by atoms with Crippen molar-refractivity contribution in [3.8, 4) is 0 Å². The topological polar surface area (TPSA) is 190 Å². The zero-order valence-electron chi connectivity index (χ0n) is 46.7. The van der Waals surface area contributed by atoms with E-state index in [1.165, 1.54) is 0 Å². The molecule has 2 saturated heterocycles. The van der Waals surface area contributed by atoms with Crippen LogP contribution in [-0.2, 0) is 69.9 Å². The van der Waals surface area contributed by atoms with Crippen LogP contribution in [0.5, 0.6) is 0 Å². The summed E-state index contributed by atoms with van der Waals surface area (Å²) in [6.07, 6.45) is 0. The maximum atomic E-state index is 12.1. The quantitative estimate of drug-likeness (QED) is 0.320. The minimum atomic E-state index is -0.875. The minimum Gasteiger partial charge on any atom is -2.00 e. The molecule has 66 heavy (non-hydrogen) atoms. The van der Waals surface area contributed by atoms with Gasteiger partial charge in [0.15, 0.2) is 0 Å². The SMILES string of the molecule is C1COCCOCCOCCOCCO1.C1COCCOCCOCCOCCO1.CC(C)(C)C(C)([O-])C(C)(C)C.CC(C)(C)C(C)([O-])C(C)(C)C.CC(C)(C)C(C)([O-])C(C)(C)C.[K+].[Mn].[O-2]. The molecular formula is C50H103KMnO14-4. The second-order valence-electron chi connectivity index (χ2n) is 22.7. The molecule has 0 N–H and O–H groups in total. The third kappa shape index (κ3) is 37.4. The first-order valence-corrected chi connectivity index (χ1v) is 23.4. The van der Waals surface area contributed by atoms with E-state index in [9.17, 15) is 15.3 Å². The molecule has 0 bridgehead atoms. The maximum absolute atomic E-state index is 12.1. The van der Waals surface area contributed by atoms with Crippen LogP contribution in [-0.4, -0.2) is 149 Å². The zero-order chi connectivity index (χ0) is 49.7. The predicted molar refractivity (Wildman–Crippen MR) is 251 cm³/mol. The Morgan fingerprint density at radius 3 is 0.303 bits per heavy atom. The van der Waals surface area contributed by atoms with Crippen LogP contribution >= 0.6 is 0 Å². The molecule has 2 fully saturated rings. The molecule has 0 aromatic rings. The van der Waals surface area contributed by atoms with Crippen molar-refractivity contribution in [2.24, 2.45) is 32.5 Å². The van der Waals surface area contributed by atoms with Crippen LogP contribution in [0.4, 0.5) is 0 Å². The first-order valence-electron chi connectivity index (χ1n) is 23.4. The maximum Gasteiger partial charge on any atom is 1.00 e. The van der Waals surface area contributed by atoms with Gasteiger partial charge in [0, 0.05) is 17.1 Å². The molecule has 0 saturated carbocycles. The van der Waals surface area contributed by atoms with Crippen molar-refractivity contribution in [3.63, 3.8) is 0 Å². The van der Waals surface area contributed by atoms with Crippen molar-refractivity contribution in [2.75, 3.05) is 132 Å². The third-order valence-electron chi connectivity index (χ3n) is 12.3. The molecule has 1 radical (unpaired) electrons. The van der Waals surface area contributed by atoms with Crippen molar-refractivity contribution in [1.82, 2.24) is 0 Å². The van der Waals surface area contributed by atoms with Gasteiger partial charge in [0.05, 0.1) is 132 Å². The summed E-state index contributed by atoms with van der Waals surface area (Å²) in [7, 11) is 0. The summed E-state index contributed by atoms with van der Waals surface area (Å²) in [4.78, 5) is 0. The van der Waals surface area contributed by atoms with Crippen molar-refractivity contribution in [1.29, 1.82) is 0 Å². The monoisotopic (exact) mass is 1020 g/mol. The van der Waals surface area contributed by atoms with Crippen molar-refractivity contribution < 1.29 is 137 Å². The number of ether oxygens (including phenoxy) is 10. The Hall–Kier alpha value is 1.60. The van der Waals surface area contributed by atoms with Gasteiger partial charge in [-0.2, -0.15) is 0 Å². The standard InChI is InChI=1S/2C10H20O5.3C10H21O.K.Mn.O/c2*1-2-12-5-6-14-9-10-15-8-7-13-4-3-11-1;3*1-8(2,3)10(7,11)9(4,5)6;;;/h2*1-10H2;3*1-7H3;;;/q;;3*-1;+1;;-2. The Kier molecular flexibility index (Phi) is 46.8. The molecule has 14 nitrogen and oxygen atoms in total. The van der Waals surface area contributed by atoms with Crippen LogP contribution in [0.3, 0.4) is 0 Å². The molecule has 0 atom stereocenters. The van der Waals surface area contributed by atoms with Crippen LogP contribution in [0, 0.1) is 32.5 Å². The van der Waals surface area contributed by atoms with Gasteiger partial charge in [-0.15, -0.1) is 16.8 Å². The van der Waals surface area contributed by atoms with Gasteiger partial charge in [-0.25, -0.2) is 0 Å². The molecule has 0 amide bonds. The van der Waals surface area contributed by atoms with Crippen LogP contribution < -0.4 is 66.7 Å². The molecule has 2 rings (SSSR count). The van der Waals surface area contributed by atoms with E-state index in [2.05, 4.69) is 0 Å². The summed E-state index contributed by atoms with van der Waals surface area (Å²) in [5.74, 6) is 0. The van der Waals surface area contributed by atoms with Gasteiger partial charge in [-0.05, 0) is 32.5 Å². The normalized spacial score (nSPS) is 18.5. The Labute approximate surface area is 459 Å². The van der Waals surface area contributed by atoms with E-state index in [1.54, 1.807) is 20.8 Å². The van der Waals surface area contributed by atoms with Crippen molar-refractivity contribution in [2.45, 2.75) is 162 Å². The molecule has 2 aliphatic heterocycles. The smallest absolute Gasteiger partial charge is 1.00 e. The van der Waals surface area contributed by atoms with E-state index in [0.717, 1.165) is 0 Å². The average Bonchev–Trinajstić information content (AvgIpc) is 3.14. The summed E-state index contributed by atoms with van der Waals surface area (Å²) < 4.78 is 52.8. The number of hydrogen-bond donors (Lipinski definition) is 0. The van der Waals surface area contributed by atoms with Gasteiger partial charge in [0.2, 0.25) is 0 Å². The summed E-state index contributed by atoms with van der Waals surface area (Å²) in [6, 6.07) is 0. The second kappa shape index (κ2) is 39.1. The van der Waals surface area contributed by atoms with E-state index in [4.69, 9.17) is 47.4 Å². The molecule has 0 aromatic carbocycles. The second-order valence-corrected chi connectivity index (χ2v) is 22.7. The van der Waals surface area contributed by atoms with Crippen molar-refractivity contribution in [3.05, 3.63) is 0 Å². The Morgan fingerprint density at radius 1 is 0.212 bits per heavy atom. The van der Waals surface area contributed by atoms with Crippen LogP contribution in [0.2, 0.25) is 0 Å². The molecule has 2 heterocycles. The molecule has 0 unspecified atom stereocenters. The van der Waals surface area contributed by atoms with Crippen LogP contribution in [0.15, 0.2) is 0 Å². The molecular weight excluding hydrogens is 919 g/mol. The summed E-state index contributed by atoms with van der Waals surface area (Å²) >= 11 is 0. The van der Waals surface area contributed by atoms with Crippen LogP contribution in [0.25, 0.3) is 0 Å². The van der Waals surface area contributed by atoms with E-state index in [1.807, 2.05) is 125 Å². The first-order chi connectivity index (χ1) is 28.5. The van der Waals surface area contributed by atoms with E-state index >= 15 is 0 Å². The van der Waals surface area contributed by atoms with E-state index < -0.39 is 16.8 Å². The molecule has 2 aliphatic rings. The summed E-state index contributed by atoms with van der Waals surface area (Å²) in [6.45, 7) is 53.7. The molecule has 16 heteroatoms. The fourth-order valence-corrected chi connectivity index (χ4v) is 5.57. The Morgan fingerprint density at radius 2 is 0.273 bits per heavy atom. The average molecular weight is 1020 g/mol. The summed E-state index contributed by atoms with van der Waals surface area (Å²) in [5.41, 5.74) is -3.68.